The van der Waals surface area contributed by atoms with Crippen molar-refractivity contribution in [3.8, 4) is 0 Å². The summed E-state index contributed by atoms with van der Waals surface area (Å²) in [5, 5.41) is 8.60. The minimum Gasteiger partial charge on any atom is -0.394 e. The number of unbranched alkanes of at least 4 members (excludes halogenated alkanes) is 6. The van der Waals surface area contributed by atoms with E-state index in [9.17, 15) is 0 Å². The van der Waals surface area contributed by atoms with Gasteiger partial charge in [-0.25, -0.2) is 0 Å². The lowest BCUT2D eigenvalue weighted by molar-refractivity contribution is -0.0934. The number of hydrogen-bond donors (Lipinski definition) is 1. The van der Waals surface area contributed by atoms with Crippen LogP contribution in [-0.2, 0) is 56.8 Å². The lowest BCUT2D eigenvalue weighted by atomic mass is 9.84. The molecule has 0 amide bonds. The lowest BCUT2D eigenvalue weighted by Gasteiger charge is -2.30. The lowest BCUT2D eigenvalue weighted by Crippen LogP contribution is -2.31. The molecule has 0 aliphatic heterocycles. The number of aliphatic hydroxyl groups excluding tert-OH is 1. The van der Waals surface area contributed by atoms with Crippen LogP contribution in [0.15, 0.2) is 12.7 Å². The molecule has 1 N–H and O–H groups in total. The van der Waals surface area contributed by atoms with Crippen LogP contribution in [0, 0.1) is 5.92 Å². The molecule has 0 aromatic carbocycles. The summed E-state index contributed by atoms with van der Waals surface area (Å²) in [6.07, 6.45) is 17.9. The van der Waals surface area contributed by atoms with Crippen molar-refractivity contribution in [2.45, 2.75) is 96.2 Å². The third-order valence-electron chi connectivity index (χ3n) is 8.86. The van der Waals surface area contributed by atoms with Gasteiger partial charge in [-0.15, -0.1) is 6.58 Å². The monoisotopic (exact) mass is 781 g/mol. The fraction of sp³-hybridized carbons (Fsp3) is 0.951. The zero-order valence-corrected chi connectivity index (χ0v) is 34.1. The van der Waals surface area contributed by atoms with E-state index in [0.29, 0.717) is 151 Å². The van der Waals surface area contributed by atoms with Crippen LogP contribution < -0.4 is 0 Å². The van der Waals surface area contributed by atoms with E-state index in [1.165, 1.54) is 64.2 Å². The maximum atomic E-state index is 8.60. The van der Waals surface area contributed by atoms with Crippen molar-refractivity contribution in [1.29, 1.82) is 0 Å². The minimum atomic E-state index is -0.117. The van der Waals surface area contributed by atoms with Crippen molar-refractivity contribution in [2.24, 2.45) is 5.92 Å². The predicted molar refractivity (Wildman–Crippen MR) is 210 cm³/mol. The van der Waals surface area contributed by atoms with Gasteiger partial charge in [0.25, 0.3) is 0 Å². The summed E-state index contributed by atoms with van der Waals surface area (Å²) in [5.41, 5.74) is 0. The summed E-state index contributed by atoms with van der Waals surface area (Å²) in [6.45, 7) is 16.9. The molecule has 54 heavy (non-hydrogen) atoms. The van der Waals surface area contributed by atoms with Gasteiger partial charge in [0.15, 0.2) is 0 Å². The summed E-state index contributed by atoms with van der Waals surface area (Å²) in [4.78, 5) is 0. The van der Waals surface area contributed by atoms with E-state index < -0.39 is 0 Å². The van der Waals surface area contributed by atoms with Crippen molar-refractivity contribution in [1.82, 2.24) is 0 Å². The second kappa shape index (κ2) is 43.3. The van der Waals surface area contributed by atoms with E-state index in [4.69, 9.17) is 61.9 Å². The van der Waals surface area contributed by atoms with Crippen molar-refractivity contribution < 1.29 is 61.9 Å². The molecule has 0 radical (unpaired) electrons. The topological polar surface area (TPSA) is 131 Å². The number of ether oxygens (including phenoxy) is 12. The van der Waals surface area contributed by atoms with Crippen molar-refractivity contribution in [3.63, 3.8) is 0 Å². The molecule has 1 aliphatic rings. The Morgan fingerprint density at radius 1 is 0.500 bits per heavy atom. The second-order valence-electron chi connectivity index (χ2n) is 13.4. The summed E-state index contributed by atoms with van der Waals surface area (Å²) < 4.78 is 67.2. The Kier molecular flexibility index (Phi) is 41.1. The highest BCUT2D eigenvalue weighted by atomic mass is 16.6. The Morgan fingerprint density at radius 2 is 0.907 bits per heavy atom. The zero-order chi connectivity index (χ0) is 38.7. The van der Waals surface area contributed by atoms with Crippen LogP contribution in [0.25, 0.3) is 0 Å². The smallest absolute Gasteiger partial charge is 0.104 e. The average Bonchev–Trinajstić information content (AvgIpc) is 3.19. The Bertz CT molecular complexity index is 727. The Labute approximate surface area is 328 Å². The Hall–Kier alpha value is -0.780. The van der Waals surface area contributed by atoms with Crippen LogP contribution in [0.3, 0.4) is 0 Å². The second-order valence-corrected chi connectivity index (χ2v) is 13.4. The highest BCUT2D eigenvalue weighted by molar-refractivity contribution is 4.74. The summed E-state index contributed by atoms with van der Waals surface area (Å²) in [6, 6.07) is 0. The van der Waals surface area contributed by atoms with Gasteiger partial charge in [0.2, 0.25) is 0 Å². The van der Waals surface area contributed by atoms with Gasteiger partial charge in [0.1, 0.15) is 6.10 Å². The van der Waals surface area contributed by atoms with Crippen LogP contribution in [-0.4, -0.2) is 169 Å². The molecule has 0 aromatic rings. The molecule has 322 valence electrons. The van der Waals surface area contributed by atoms with Crippen LogP contribution in [0.2, 0.25) is 0 Å². The standard InChI is InChI=1S/C41H80O13/c1-3-5-6-7-8-9-10-11-39-12-14-40(15-13-39)54-38-41(37-52-17-4-2)53-36-35-51-34-33-50-32-31-49-30-29-48-28-27-47-26-25-46-24-23-45-22-21-44-20-19-43-18-16-42/h4,39-42H,2-3,5-38H2,1H3. The van der Waals surface area contributed by atoms with Gasteiger partial charge in [-0.1, -0.05) is 64.4 Å². The zero-order valence-electron chi connectivity index (χ0n) is 34.1. The molecule has 0 bridgehead atoms. The highest BCUT2D eigenvalue weighted by Crippen LogP contribution is 2.30. The third-order valence-corrected chi connectivity index (χ3v) is 8.86. The fourth-order valence-electron chi connectivity index (χ4n) is 5.85. The van der Waals surface area contributed by atoms with Crippen LogP contribution in [0.5, 0.6) is 0 Å². The molecule has 0 aromatic heterocycles. The van der Waals surface area contributed by atoms with Crippen molar-refractivity contribution >= 4 is 0 Å². The minimum absolute atomic E-state index is 0.0256. The first-order chi connectivity index (χ1) is 26.8. The van der Waals surface area contributed by atoms with Gasteiger partial charge in [-0.05, 0) is 31.6 Å². The van der Waals surface area contributed by atoms with E-state index in [-0.39, 0.29) is 12.7 Å². The summed E-state index contributed by atoms with van der Waals surface area (Å²) in [5.74, 6) is 0.873. The van der Waals surface area contributed by atoms with E-state index >= 15 is 0 Å². The van der Waals surface area contributed by atoms with Gasteiger partial charge in [0.05, 0.1) is 158 Å². The highest BCUT2D eigenvalue weighted by Gasteiger charge is 2.22. The molecule has 0 heterocycles. The molecule has 1 aliphatic carbocycles. The SMILES string of the molecule is C=CCOCC(COC1CCC(CCCCCCCCC)CC1)OCCOCCOCCOCCOCCOCCOCCOCCOCCOCCO. The number of aliphatic hydroxyl groups is 1. The van der Waals surface area contributed by atoms with E-state index in [1.807, 2.05) is 0 Å². The molecule has 0 saturated heterocycles. The molecule has 1 rings (SSSR count). The first-order valence-corrected chi connectivity index (χ1v) is 21.0. The van der Waals surface area contributed by atoms with Crippen LogP contribution in [0.1, 0.15) is 84.0 Å². The molecule has 13 nitrogen and oxygen atoms in total. The normalized spacial score (nSPS) is 16.6. The summed E-state index contributed by atoms with van der Waals surface area (Å²) >= 11 is 0. The van der Waals surface area contributed by atoms with Crippen LogP contribution in [0.4, 0.5) is 0 Å². The van der Waals surface area contributed by atoms with Gasteiger partial charge < -0.3 is 61.9 Å². The van der Waals surface area contributed by atoms with Crippen molar-refractivity contribution in [2.75, 3.05) is 152 Å². The number of rotatable bonds is 45. The molecular weight excluding hydrogens is 700 g/mol. The van der Waals surface area contributed by atoms with Gasteiger partial charge in [0, 0.05) is 0 Å². The molecule has 1 saturated carbocycles. The predicted octanol–water partition coefficient (Wildman–Crippen LogP) is 5.43. The maximum Gasteiger partial charge on any atom is 0.104 e. The largest absolute Gasteiger partial charge is 0.394 e. The molecule has 0 spiro atoms. The van der Waals surface area contributed by atoms with Crippen molar-refractivity contribution in [3.05, 3.63) is 12.7 Å². The Morgan fingerprint density at radius 3 is 1.33 bits per heavy atom. The van der Waals surface area contributed by atoms with Gasteiger partial charge in [-0.3, -0.25) is 0 Å². The third kappa shape index (κ3) is 36.8. The molecule has 13 heteroatoms. The first kappa shape index (κ1) is 51.2. The fourth-order valence-corrected chi connectivity index (χ4v) is 5.85. The maximum absolute atomic E-state index is 8.60. The van der Waals surface area contributed by atoms with E-state index in [2.05, 4.69) is 13.5 Å². The molecule has 1 fully saturated rings. The first-order valence-electron chi connectivity index (χ1n) is 21.0. The average molecular weight is 781 g/mol. The molecular formula is C41H80O13. The Balaban J connectivity index is 1.85. The van der Waals surface area contributed by atoms with Crippen LogP contribution >= 0.6 is 0 Å². The summed E-state index contributed by atoms with van der Waals surface area (Å²) in [7, 11) is 0. The number of hydrogen-bond acceptors (Lipinski definition) is 13. The van der Waals surface area contributed by atoms with E-state index in [1.54, 1.807) is 6.08 Å². The molecule has 1 atom stereocenters. The van der Waals surface area contributed by atoms with Gasteiger partial charge in [-0.2, -0.15) is 0 Å². The quantitative estimate of drug-likeness (QED) is 0.0623. The van der Waals surface area contributed by atoms with Gasteiger partial charge >= 0.3 is 0 Å². The molecule has 1 unspecified atom stereocenters. The van der Waals surface area contributed by atoms with E-state index in [0.717, 1.165) is 18.8 Å².